The van der Waals surface area contributed by atoms with E-state index < -0.39 is 11.9 Å². The standard InChI is InChI=1S/C18H23N3O2.CH4/c1-12-3-5-15(6-4-12)16-9-7-14(8-10-16)13(2)20-17(11-19)18(22)21-23;/h3-10,13,17,20,23H,11,19H2,1-2H3,(H,21,22);1H4/t13?,17-;/m0./s1. The second-order valence-electron chi connectivity index (χ2n) is 5.64. The van der Waals surface area contributed by atoms with Gasteiger partial charge in [-0.05, 0) is 30.5 Å². The lowest BCUT2D eigenvalue weighted by Crippen LogP contribution is -2.48. The van der Waals surface area contributed by atoms with Gasteiger partial charge in [-0.3, -0.25) is 15.3 Å². The Morgan fingerprint density at radius 1 is 1.08 bits per heavy atom. The van der Waals surface area contributed by atoms with Gasteiger partial charge in [0, 0.05) is 12.6 Å². The van der Waals surface area contributed by atoms with Gasteiger partial charge in [0.05, 0.1) is 0 Å². The third-order valence-electron chi connectivity index (χ3n) is 3.91. The molecular formula is C19H27N3O2. The molecule has 2 aromatic rings. The summed E-state index contributed by atoms with van der Waals surface area (Å²) in [6.45, 7) is 4.13. The zero-order valence-corrected chi connectivity index (χ0v) is 13.4. The van der Waals surface area contributed by atoms with Crippen LogP contribution in [0.2, 0.25) is 0 Å². The van der Waals surface area contributed by atoms with E-state index in [1.165, 1.54) is 11.1 Å². The highest BCUT2D eigenvalue weighted by atomic mass is 16.5. The number of amides is 1. The van der Waals surface area contributed by atoms with Gasteiger partial charge in [0.25, 0.3) is 5.91 Å². The van der Waals surface area contributed by atoms with Crippen LogP contribution in [0, 0.1) is 6.92 Å². The number of hydroxylamine groups is 1. The normalized spacial score (nSPS) is 12.8. The molecule has 0 fully saturated rings. The molecule has 0 radical (unpaired) electrons. The Morgan fingerprint density at radius 3 is 2.04 bits per heavy atom. The lowest BCUT2D eigenvalue weighted by molar-refractivity contribution is -0.131. The van der Waals surface area contributed by atoms with E-state index in [-0.39, 0.29) is 20.0 Å². The van der Waals surface area contributed by atoms with E-state index in [0.717, 1.165) is 11.1 Å². The Hall–Kier alpha value is -2.21. The van der Waals surface area contributed by atoms with Gasteiger partial charge in [-0.2, -0.15) is 0 Å². The van der Waals surface area contributed by atoms with E-state index in [2.05, 4.69) is 48.6 Å². The van der Waals surface area contributed by atoms with Crippen molar-refractivity contribution in [3.63, 3.8) is 0 Å². The average molecular weight is 329 g/mol. The Bertz CT molecular complexity index is 639. The molecule has 2 aromatic carbocycles. The van der Waals surface area contributed by atoms with Crippen molar-refractivity contribution in [2.24, 2.45) is 5.73 Å². The van der Waals surface area contributed by atoms with Crippen LogP contribution in [0.4, 0.5) is 0 Å². The number of carbonyl (C=O) groups is 1. The number of carbonyl (C=O) groups excluding carboxylic acids is 1. The number of benzene rings is 2. The molecule has 5 N–H and O–H groups in total. The van der Waals surface area contributed by atoms with Crippen molar-refractivity contribution in [2.45, 2.75) is 33.4 Å². The molecule has 0 heterocycles. The molecule has 0 spiro atoms. The third-order valence-corrected chi connectivity index (χ3v) is 3.91. The molecule has 5 nitrogen and oxygen atoms in total. The van der Waals surface area contributed by atoms with Crippen molar-refractivity contribution < 1.29 is 10.0 Å². The summed E-state index contributed by atoms with van der Waals surface area (Å²) in [5, 5.41) is 11.8. The number of hydrogen-bond donors (Lipinski definition) is 4. The van der Waals surface area contributed by atoms with Gasteiger partial charge in [0.1, 0.15) is 6.04 Å². The van der Waals surface area contributed by atoms with Gasteiger partial charge in [-0.25, -0.2) is 5.48 Å². The second-order valence-corrected chi connectivity index (χ2v) is 5.64. The molecule has 130 valence electrons. The largest absolute Gasteiger partial charge is 0.328 e. The minimum atomic E-state index is -0.633. The van der Waals surface area contributed by atoms with Gasteiger partial charge in [0.2, 0.25) is 0 Å². The fourth-order valence-corrected chi connectivity index (χ4v) is 2.44. The molecule has 2 atom stereocenters. The van der Waals surface area contributed by atoms with E-state index in [4.69, 9.17) is 10.9 Å². The Kier molecular flexibility index (Phi) is 7.58. The highest BCUT2D eigenvalue weighted by Gasteiger charge is 2.18. The maximum absolute atomic E-state index is 11.5. The summed E-state index contributed by atoms with van der Waals surface area (Å²) in [7, 11) is 0. The van der Waals surface area contributed by atoms with Gasteiger partial charge >= 0.3 is 0 Å². The molecule has 0 saturated carbocycles. The fraction of sp³-hybridized carbons (Fsp3) is 0.316. The van der Waals surface area contributed by atoms with Crippen LogP contribution < -0.4 is 16.5 Å². The molecule has 0 aromatic heterocycles. The summed E-state index contributed by atoms with van der Waals surface area (Å²) in [4.78, 5) is 11.5. The molecular weight excluding hydrogens is 302 g/mol. The van der Waals surface area contributed by atoms with Crippen molar-refractivity contribution in [3.8, 4) is 11.1 Å². The molecule has 0 bridgehead atoms. The van der Waals surface area contributed by atoms with Crippen molar-refractivity contribution in [3.05, 3.63) is 59.7 Å². The van der Waals surface area contributed by atoms with Crippen LogP contribution in [0.1, 0.15) is 31.5 Å². The lowest BCUT2D eigenvalue weighted by Gasteiger charge is -2.21. The maximum Gasteiger partial charge on any atom is 0.261 e. The fourth-order valence-electron chi connectivity index (χ4n) is 2.44. The van der Waals surface area contributed by atoms with Gasteiger partial charge in [-0.1, -0.05) is 61.5 Å². The second kappa shape index (κ2) is 9.17. The molecule has 1 unspecified atom stereocenters. The molecule has 0 aliphatic heterocycles. The van der Waals surface area contributed by atoms with Crippen molar-refractivity contribution in [1.29, 1.82) is 0 Å². The Labute approximate surface area is 143 Å². The highest BCUT2D eigenvalue weighted by molar-refractivity contribution is 5.80. The average Bonchev–Trinajstić information content (AvgIpc) is 2.59. The van der Waals surface area contributed by atoms with Crippen molar-refractivity contribution >= 4 is 5.91 Å². The first-order valence-corrected chi connectivity index (χ1v) is 7.62. The van der Waals surface area contributed by atoms with Crippen LogP contribution in [0.15, 0.2) is 48.5 Å². The highest BCUT2D eigenvalue weighted by Crippen LogP contribution is 2.22. The minimum absolute atomic E-state index is 0. The lowest BCUT2D eigenvalue weighted by atomic mass is 10.0. The van der Waals surface area contributed by atoms with E-state index in [9.17, 15) is 4.79 Å². The summed E-state index contributed by atoms with van der Waals surface area (Å²) in [6, 6.07) is 15.8. The predicted molar refractivity (Wildman–Crippen MR) is 97.7 cm³/mol. The summed E-state index contributed by atoms with van der Waals surface area (Å²) in [5.41, 5.74) is 11.8. The smallest absolute Gasteiger partial charge is 0.261 e. The van der Waals surface area contributed by atoms with E-state index in [1.807, 2.05) is 19.1 Å². The number of nitrogens with two attached hydrogens (primary N) is 1. The van der Waals surface area contributed by atoms with Crippen molar-refractivity contribution in [1.82, 2.24) is 10.8 Å². The monoisotopic (exact) mass is 329 g/mol. The predicted octanol–water partition coefficient (Wildman–Crippen LogP) is 2.78. The number of hydrogen-bond acceptors (Lipinski definition) is 4. The molecule has 2 rings (SSSR count). The molecule has 0 saturated heterocycles. The SMILES string of the molecule is C.Cc1ccc(-c2ccc(C(C)N[C@@H](CN)C(=O)NO)cc2)cc1. The van der Waals surface area contributed by atoms with E-state index in [1.54, 1.807) is 5.48 Å². The molecule has 0 aliphatic carbocycles. The molecule has 0 aliphatic rings. The zero-order chi connectivity index (χ0) is 16.8. The first-order chi connectivity index (χ1) is 11.0. The van der Waals surface area contributed by atoms with Crippen LogP contribution in [0.3, 0.4) is 0 Å². The zero-order valence-electron chi connectivity index (χ0n) is 13.4. The third kappa shape index (κ3) is 4.89. The van der Waals surface area contributed by atoms with Crippen LogP contribution in [0.25, 0.3) is 11.1 Å². The number of rotatable bonds is 6. The molecule has 1 amide bonds. The Balaban J connectivity index is 0.00000288. The molecule has 5 heteroatoms. The first-order valence-electron chi connectivity index (χ1n) is 7.62. The topological polar surface area (TPSA) is 87.4 Å². The van der Waals surface area contributed by atoms with E-state index >= 15 is 0 Å². The summed E-state index contributed by atoms with van der Waals surface area (Å²) in [6.07, 6.45) is 0. The summed E-state index contributed by atoms with van der Waals surface area (Å²) in [5.74, 6) is -0.532. The van der Waals surface area contributed by atoms with Crippen LogP contribution >= 0.6 is 0 Å². The van der Waals surface area contributed by atoms with Crippen LogP contribution in [-0.2, 0) is 4.79 Å². The van der Waals surface area contributed by atoms with Crippen LogP contribution in [-0.4, -0.2) is 23.7 Å². The minimum Gasteiger partial charge on any atom is -0.328 e. The van der Waals surface area contributed by atoms with Gasteiger partial charge in [0.15, 0.2) is 0 Å². The quantitative estimate of drug-likeness (QED) is 0.485. The van der Waals surface area contributed by atoms with Gasteiger partial charge in [-0.15, -0.1) is 0 Å². The number of nitrogens with one attached hydrogen (secondary N) is 2. The summed E-state index contributed by atoms with van der Waals surface area (Å²) < 4.78 is 0. The van der Waals surface area contributed by atoms with Crippen molar-refractivity contribution in [2.75, 3.05) is 6.54 Å². The van der Waals surface area contributed by atoms with E-state index in [0.29, 0.717) is 0 Å². The molecule has 24 heavy (non-hydrogen) atoms. The maximum atomic E-state index is 11.5. The Morgan fingerprint density at radius 2 is 1.58 bits per heavy atom. The number of aryl methyl sites for hydroxylation is 1. The van der Waals surface area contributed by atoms with Crippen LogP contribution in [0.5, 0.6) is 0 Å². The van der Waals surface area contributed by atoms with Gasteiger partial charge < -0.3 is 5.73 Å². The summed E-state index contributed by atoms with van der Waals surface area (Å²) >= 11 is 0. The first kappa shape index (κ1) is 19.8.